The van der Waals surface area contributed by atoms with Crippen LogP contribution in [0.1, 0.15) is 85.2 Å². The molecular formula is C27H28N2O3. The molecule has 0 spiro atoms. The van der Waals surface area contributed by atoms with Crippen molar-refractivity contribution in [3.8, 4) is 5.75 Å². The zero-order valence-corrected chi connectivity index (χ0v) is 19.0. The van der Waals surface area contributed by atoms with E-state index in [4.69, 9.17) is 9.72 Å². The first-order chi connectivity index (χ1) is 15.2. The normalized spacial score (nSPS) is 33.5. The van der Waals surface area contributed by atoms with Crippen molar-refractivity contribution in [3.63, 3.8) is 0 Å². The summed E-state index contributed by atoms with van der Waals surface area (Å²) in [4.78, 5) is 22.1. The Hall–Kier alpha value is -2.66. The van der Waals surface area contributed by atoms with Crippen molar-refractivity contribution in [2.45, 2.75) is 75.9 Å². The Morgan fingerprint density at radius 3 is 2.75 bits per heavy atom. The quantitative estimate of drug-likeness (QED) is 0.545. The maximum atomic E-state index is 13.3. The van der Waals surface area contributed by atoms with E-state index in [2.05, 4.69) is 43.1 Å². The molecule has 4 aliphatic rings. The molecule has 3 aromatic rings. The fourth-order valence-corrected chi connectivity index (χ4v) is 7.46. The van der Waals surface area contributed by atoms with Crippen LogP contribution < -0.4 is 4.74 Å². The number of benzene rings is 1. The largest absolute Gasteiger partial charge is 0.482 e. The second kappa shape index (κ2) is 5.45. The fraction of sp³-hybridized carbons (Fsp3) is 0.481. The Kier molecular flexibility index (Phi) is 3.21. The first kappa shape index (κ1) is 18.9. The highest BCUT2D eigenvalue weighted by atomic mass is 16.5. The topological polar surface area (TPSA) is 75.2 Å². The van der Waals surface area contributed by atoms with Gasteiger partial charge in [0, 0.05) is 39.5 Å². The van der Waals surface area contributed by atoms with Crippen LogP contribution in [0.3, 0.4) is 0 Å². The van der Waals surface area contributed by atoms with Crippen molar-refractivity contribution in [2.24, 2.45) is 5.92 Å². The molecule has 4 atom stereocenters. The van der Waals surface area contributed by atoms with Crippen LogP contribution in [0, 0.1) is 5.92 Å². The molecule has 5 nitrogen and oxygen atoms in total. The van der Waals surface area contributed by atoms with Gasteiger partial charge in [0.05, 0.1) is 5.56 Å². The first-order valence-corrected chi connectivity index (χ1v) is 11.7. The number of H-pyrrole nitrogens is 1. The van der Waals surface area contributed by atoms with Gasteiger partial charge in [-0.2, -0.15) is 0 Å². The fourth-order valence-electron chi connectivity index (χ4n) is 7.46. The number of aliphatic hydroxyl groups is 1. The van der Waals surface area contributed by atoms with Gasteiger partial charge in [-0.25, -0.2) is 0 Å². The van der Waals surface area contributed by atoms with Crippen LogP contribution >= 0.6 is 0 Å². The van der Waals surface area contributed by atoms with Crippen LogP contribution in [0.4, 0.5) is 0 Å². The van der Waals surface area contributed by atoms with E-state index in [0.29, 0.717) is 29.3 Å². The number of aromatic amines is 1. The summed E-state index contributed by atoms with van der Waals surface area (Å²) in [6.45, 7) is 8.46. The highest BCUT2D eigenvalue weighted by molar-refractivity contribution is 6.03. The second-order valence-corrected chi connectivity index (χ2v) is 11.2. The van der Waals surface area contributed by atoms with E-state index >= 15 is 0 Å². The number of rotatable bonds is 0. The third-order valence-corrected chi connectivity index (χ3v) is 9.40. The van der Waals surface area contributed by atoms with E-state index in [9.17, 15) is 9.90 Å². The van der Waals surface area contributed by atoms with Crippen LogP contribution in [0.5, 0.6) is 5.75 Å². The Morgan fingerprint density at radius 1 is 1.16 bits per heavy atom. The molecule has 5 heteroatoms. The lowest BCUT2D eigenvalue weighted by Gasteiger charge is -2.54. The standard InChI is InChI=1S/C27H28N2O3/c1-25(2)24(31)21-22(32-25)19-18(30)9-10-26(3)20(19)17(28-21)12-13-11-15-14-7-5-6-8-16(14)29-23(15)27(13,26)4/h5-8,13,24,29,31H,9-12H2,1-4H3. The lowest BCUT2D eigenvalue weighted by molar-refractivity contribution is -0.000965. The molecule has 1 aliphatic heterocycles. The number of carbonyl (C=O) groups excluding carboxylic acids is 1. The molecule has 164 valence electrons. The predicted octanol–water partition coefficient (Wildman–Crippen LogP) is 4.69. The van der Waals surface area contributed by atoms with Crippen LogP contribution in [0.15, 0.2) is 24.3 Å². The monoisotopic (exact) mass is 428 g/mol. The summed E-state index contributed by atoms with van der Waals surface area (Å²) < 4.78 is 6.21. The molecule has 4 unspecified atom stereocenters. The molecule has 7 rings (SSSR count). The van der Waals surface area contributed by atoms with Crippen molar-refractivity contribution < 1.29 is 14.6 Å². The van der Waals surface area contributed by atoms with E-state index in [1.165, 1.54) is 22.2 Å². The van der Waals surface area contributed by atoms with Gasteiger partial charge in [-0.15, -0.1) is 0 Å². The molecule has 1 aromatic carbocycles. The molecule has 0 saturated heterocycles. The Morgan fingerprint density at radius 2 is 1.94 bits per heavy atom. The summed E-state index contributed by atoms with van der Waals surface area (Å²) in [6, 6.07) is 8.57. The molecule has 0 fully saturated rings. The van der Waals surface area contributed by atoms with Crippen LogP contribution in [-0.4, -0.2) is 26.5 Å². The smallest absolute Gasteiger partial charge is 0.167 e. The van der Waals surface area contributed by atoms with E-state index in [0.717, 1.165) is 30.5 Å². The third-order valence-electron chi connectivity index (χ3n) is 9.40. The van der Waals surface area contributed by atoms with Crippen molar-refractivity contribution in [1.82, 2.24) is 9.97 Å². The van der Waals surface area contributed by atoms with Gasteiger partial charge in [-0.1, -0.05) is 32.0 Å². The molecule has 0 radical (unpaired) electrons. The lowest BCUT2D eigenvalue weighted by atomic mass is 9.48. The maximum absolute atomic E-state index is 13.3. The highest BCUT2D eigenvalue weighted by Gasteiger charge is 2.63. The number of carbonyl (C=O) groups is 1. The number of Topliss-reactive ketones (excluding diaryl/α,β-unsaturated/α-hetero) is 1. The number of ether oxygens (including phenoxy) is 1. The van der Waals surface area contributed by atoms with Crippen LogP contribution in [-0.2, 0) is 23.7 Å². The summed E-state index contributed by atoms with van der Waals surface area (Å²) in [5.74, 6) is 1.05. The zero-order valence-electron chi connectivity index (χ0n) is 19.0. The second-order valence-electron chi connectivity index (χ2n) is 11.2. The SMILES string of the molecule is CC1(C)Oc2c(nc3c4c2C(=O)CCC4(C)C2(C)c4[nH]c5ccccc5c4CC2C3)C1O. The van der Waals surface area contributed by atoms with Gasteiger partial charge in [0.1, 0.15) is 17.4 Å². The first-order valence-electron chi connectivity index (χ1n) is 11.7. The Labute approximate surface area is 187 Å². The lowest BCUT2D eigenvalue weighted by Crippen LogP contribution is -2.55. The minimum absolute atomic E-state index is 0.119. The van der Waals surface area contributed by atoms with E-state index in [-0.39, 0.29) is 16.6 Å². The van der Waals surface area contributed by atoms with Gasteiger partial charge in [0.15, 0.2) is 11.5 Å². The molecule has 3 aliphatic carbocycles. The van der Waals surface area contributed by atoms with Gasteiger partial charge in [0.2, 0.25) is 0 Å². The molecule has 0 bridgehead atoms. The molecule has 0 saturated carbocycles. The number of fused-ring (bicyclic) bond motifs is 8. The van der Waals surface area contributed by atoms with E-state index in [1.807, 2.05) is 13.8 Å². The average Bonchev–Trinajstić information content (AvgIpc) is 3.34. The van der Waals surface area contributed by atoms with Gasteiger partial charge in [-0.3, -0.25) is 9.78 Å². The highest BCUT2D eigenvalue weighted by Crippen LogP contribution is 2.64. The third kappa shape index (κ3) is 1.88. The van der Waals surface area contributed by atoms with Crippen molar-refractivity contribution in [2.75, 3.05) is 0 Å². The molecule has 2 aromatic heterocycles. The summed E-state index contributed by atoms with van der Waals surface area (Å²) >= 11 is 0. The van der Waals surface area contributed by atoms with Crippen LogP contribution in [0.25, 0.3) is 10.9 Å². The summed E-state index contributed by atoms with van der Waals surface area (Å²) in [5, 5.41) is 12.2. The predicted molar refractivity (Wildman–Crippen MR) is 121 cm³/mol. The maximum Gasteiger partial charge on any atom is 0.167 e. The van der Waals surface area contributed by atoms with Gasteiger partial charge >= 0.3 is 0 Å². The number of para-hydroxylation sites is 1. The van der Waals surface area contributed by atoms with Gasteiger partial charge in [-0.05, 0) is 56.2 Å². The number of ketones is 1. The van der Waals surface area contributed by atoms with Crippen molar-refractivity contribution in [3.05, 3.63) is 58.0 Å². The number of hydrogen-bond donors (Lipinski definition) is 2. The Balaban J connectivity index is 1.53. The number of pyridine rings is 1. The van der Waals surface area contributed by atoms with Crippen molar-refractivity contribution >= 4 is 16.7 Å². The van der Waals surface area contributed by atoms with Crippen molar-refractivity contribution in [1.29, 1.82) is 0 Å². The summed E-state index contributed by atoms with van der Waals surface area (Å²) in [7, 11) is 0. The minimum atomic E-state index is -0.825. The molecular weight excluding hydrogens is 400 g/mol. The molecule has 2 N–H and O–H groups in total. The number of aromatic nitrogens is 2. The Bertz CT molecular complexity index is 1370. The number of nitrogens with zero attached hydrogens (tertiary/aromatic N) is 1. The minimum Gasteiger partial charge on any atom is -0.482 e. The number of aliphatic hydroxyl groups excluding tert-OH is 1. The summed E-state index contributed by atoms with van der Waals surface area (Å²) in [6.07, 6.45) is 2.31. The molecule has 0 amide bonds. The number of nitrogens with one attached hydrogen (secondary N) is 1. The zero-order chi connectivity index (χ0) is 22.2. The molecule has 32 heavy (non-hydrogen) atoms. The van der Waals surface area contributed by atoms with Crippen LogP contribution in [0.2, 0.25) is 0 Å². The van der Waals surface area contributed by atoms with Gasteiger partial charge < -0.3 is 14.8 Å². The van der Waals surface area contributed by atoms with Gasteiger partial charge in [0.25, 0.3) is 0 Å². The average molecular weight is 429 g/mol. The van der Waals surface area contributed by atoms with E-state index < -0.39 is 11.7 Å². The summed E-state index contributed by atoms with van der Waals surface area (Å²) in [5.41, 5.74) is 6.11. The van der Waals surface area contributed by atoms with E-state index in [1.54, 1.807) is 0 Å². The molecule has 3 heterocycles. The number of hydrogen-bond acceptors (Lipinski definition) is 4.